The van der Waals surface area contributed by atoms with Crippen LogP contribution in [0.25, 0.3) is 0 Å². The predicted octanol–water partition coefficient (Wildman–Crippen LogP) is 0.854. The normalized spacial score (nSPS) is 25.4. The maximum Gasteiger partial charge on any atom is 0.0443 e. The molecule has 2 nitrogen and oxygen atoms in total. The van der Waals surface area contributed by atoms with Crippen molar-refractivity contribution in [2.45, 2.75) is 25.3 Å². The van der Waals surface area contributed by atoms with Crippen molar-refractivity contribution in [1.29, 1.82) is 0 Å². The summed E-state index contributed by atoms with van der Waals surface area (Å²) >= 11 is 2.04. The van der Waals surface area contributed by atoms with Gasteiger partial charge in [-0.05, 0) is 31.6 Å². The highest BCUT2D eigenvalue weighted by atomic mass is 32.2. The Labute approximate surface area is 72.8 Å². The molecule has 0 amide bonds. The lowest BCUT2D eigenvalue weighted by molar-refractivity contribution is 0.283. The van der Waals surface area contributed by atoms with Gasteiger partial charge in [0.1, 0.15) is 0 Å². The Morgan fingerprint density at radius 2 is 2.45 bits per heavy atom. The molecule has 1 aliphatic heterocycles. The Morgan fingerprint density at radius 3 is 3.09 bits per heavy atom. The zero-order valence-corrected chi connectivity index (χ0v) is 7.70. The van der Waals surface area contributed by atoms with Gasteiger partial charge in [-0.25, -0.2) is 0 Å². The molecule has 1 heterocycles. The molecule has 11 heavy (non-hydrogen) atoms. The van der Waals surface area contributed by atoms with Crippen LogP contribution in [0.1, 0.15) is 19.3 Å². The third-order valence-corrected chi connectivity index (χ3v) is 3.14. The van der Waals surface area contributed by atoms with E-state index in [1.807, 2.05) is 11.8 Å². The lowest BCUT2D eigenvalue weighted by Gasteiger charge is -2.22. The van der Waals surface area contributed by atoms with Gasteiger partial charge >= 0.3 is 0 Å². The molecule has 0 saturated carbocycles. The van der Waals surface area contributed by atoms with Crippen LogP contribution in [0, 0.1) is 0 Å². The molecule has 0 aromatic heterocycles. The minimum Gasteiger partial charge on any atom is -0.396 e. The molecule has 0 spiro atoms. The monoisotopic (exact) mass is 175 g/mol. The minimum atomic E-state index is 0.312. The second kappa shape index (κ2) is 5.86. The summed E-state index contributed by atoms with van der Waals surface area (Å²) in [4.78, 5) is 0. The van der Waals surface area contributed by atoms with Crippen molar-refractivity contribution in [3.05, 3.63) is 0 Å². The van der Waals surface area contributed by atoms with Gasteiger partial charge in [0, 0.05) is 18.4 Å². The van der Waals surface area contributed by atoms with E-state index in [-0.39, 0.29) is 0 Å². The molecular formula is C8H17NOS. The fourth-order valence-electron chi connectivity index (χ4n) is 1.29. The van der Waals surface area contributed by atoms with Crippen molar-refractivity contribution >= 4 is 11.8 Å². The Bertz CT molecular complexity index is 94.1. The first kappa shape index (κ1) is 9.36. The molecule has 0 aromatic carbocycles. The molecule has 0 aliphatic carbocycles. The molecule has 1 rings (SSSR count). The van der Waals surface area contributed by atoms with Gasteiger partial charge in [-0.2, -0.15) is 11.8 Å². The van der Waals surface area contributed by atoms with Gasteiger partial charge in [0.15, 0.2) is 0 Å². The molecular weight excluding hydrogens is 158 g/mol. The quantitative estimate of drug-likeness (QED) is 0.621. The average molecular weight is 175 g/mol. The van der Waals surface area contributed by atoms with E-state index in [4.69, 9.17) is 5.11 Å². The summed E-state index contributed by atoms with van der Waals surface area (Å²) in [6.07, 6.45) is 3.56. The molecule has 1 saturated heterocycles. The van der Waals surface area contributed by atoms with Crippen molar-refractivity contribution in [2.24, 2.45) is 0 Å². The molecule has 0 bridgehead atoms. The molecule has 66 valence electrons. The third kappa shape index (κ3) is 3.99. The van der Waals surface area contributed by atoms with E-state index in [0.29, 0.717) is 12.6 Å². The average Bonchev–Trinajstić information content (AvgIpc) is 2.07. The molecule has 0 aromatic rings. The lowest BCUT2D eigenvalue weighted by Crippen LogP contribution is -2.34. The van der Waals surface area contributed by atoms with Crippen LogP contribution >= 0.6 is 11.8 Å². The fraction of sp³-hybridized carbons (Fsp3) is 1.00. The highest BCUT2D eigenvalue weighted by Crippen LogP contribution is 2.16. The Hall–Kier alpha value is 0.270. The van der Waals surface area contributed by atoms with Crippen LogP contribution in [-0.4, -0.2) is 35.8 Å². The van der Waals surface area contributed by atoms with Gasteiger partial charge in [0.25, 0.3) is 0 Å². The SMILES string of the molecule is OCCCN[C@@H]1CCCSC1. The maximum absolute atomic E-state index is 8.55. The van der Waals surface area contributed by atoms with Crippen LogP contribution in [-0.2, 0) is 0 Å². The third-order valence-electron chi connectivity index (χ3n) is 1.93. The summed E-state index contributed by atoms with van der Waals surface area (Å²) in [5.41, 5.74) is 0. The molecule has 1 atom stereocenters. The van der Waals surface area contributed by atoms with E-state index in [1.54, 1.807) is 0 Å². The van der Waals surface area contributed by atoms with E-state index in [1.165, 1.54) is 24.3 Å². The molecule has 2 N–H and O–H groups in total. The number of hydrogen-bond acceptors (Lipinski definition) is 3. The van der Waals surface area contributed by atoms with Crippen LogP contribution in [0.15, 0.2) is 0 Å². The van der Waals surface area contributed by atoms with Crippen molar-refractivity contribution in [2.75, 3.05) is 24.7 Å². The summed E-state index contributed by atoms with van der Waals surface area (Å²) < 4.78 is 0. The van der Waals surface area contributed by atoms with Crippen molar-refractivity contribution in [3.8, 4) is 0 Å². The molecule has 1 fully saturated rings. The Balaban J connectivity index is 1.96. The van der Waals surface area contributed by atoms with Crippen molar-refractivity contribution in [3.63, 3.8) is 0 Å². The second-order valence-electron chi connectivity index (χ2n) is 2.95. The number of aliphatic hydroxyl groups excluding tert-OH is 1. The number of aliphatic hydroxyl groups is 1. The first-order valence-corrected chi connectivity index (χ1v) is 5.51. The van der Waals surface area contributed by atoms with E-state index >= 15 is 0 Å². The number of nitrogens with one attached hydrogen (secondary N) is 1. The highest BCUT2D eigenvalue weighted by molar-refractivity contribution is 7.99. The summed E-state index contributed by atoms with van der Waals surface area (Å²) in [5, 5.41) is 12.0. The summed E-state index contributed by atoms with van der Waals surface area (Å²) in [6.45, 7) is 1.29. The van der Waals surface area contributed by atoms with Gasteiger partial charge in [0.05, 0.1) is 0 Å². The number of thioether (sulfide) groups is 1. The van der Waals surface area contributed by atoms with E-state index in [2.05, 4.69) is 5.32 Å². The predicted molar refractivity (Wildman–Crippen MR) is 50.1 cm³/mol. The summed E-state index contributed by atoms with van der Waals surface area (Å²) in [7, 11) is 0. The molecule has 0 radical (unpaired) electrons. The summed E-state index contributed by atoms with van der Waals surface area (Å²) in [5.74, 6) is 2.59. The largest absolute Gasteiger partial charge is 0.396 e. The van der Waals surface area contributed by atoms with Crippen molar-refractivity contribution in [1.82, 2.24) is 5.32 Å². The molecule has 1 aliphatic rings. The second-order valence-corrected chi connectivity index (χ2v) is 4.10. The highest BCUT2D eigenvalue weighted by Gasteiger charge is 2.11. The maximum atomic E-state index is 8.55. The standard InChI is InChI=1S/C8H17NOS/c10-5-2-4-9-8-3-1-6-11-7-8/h8-10H,1-7H2/t8-/m1/s1. The van der Waals surface area contributed by atoms with Crippen LogP contribution in [0.3, 0.4) is 0 Å². The molecule has 0 unspecified atom stereocenters. The van der Waals surface area contributed by atoms with Gasteiger partial charge in [-0.1, -0.05) is 0 Å². The van der Waals surface area contributed by atoms with E-state index in [9.17, 15) is 0 Å². The van der Waals surface area contributed by atoms with E-state index in [0.717, 1.165) is 13.0 Å². The topological polar surface area (TPSA) is 32.3 Å². The van der Waals surface area contributed by atoms with Crippen LogP contribution in [0.4, 0.5) is 0 Å². The molecule has 3 heteroatoms. The van der Waals surface area contributed by atoms with Gasteiger partial charge in [-0.3, -0.25) is 0 Å². The first-order valence-electron chi connectivity index (χ1n) is 4.35. The van der Waals surface area contributed by atoms with Crippen LogP contribution in [0.2, 0.25) is 0 Å². The van der Waals surface area contributed by atoms with Crippen molar-refractivity contribution < 1.29 is 5.11 Å². The van der Waals surface area contributed by atoms with Gasteiger partial charge in [0.2, 0.25) is 0 Å². The Morgan fingerprint density at radius 1 is 1.55 bits per heavy atom. The lowest BCUT2D eigenvalue weighted by atomic mass is 10.2. The van der Waals surface area contributed by atoms with Gasteiger partial charge in [-0.15, -0.1) is 0 Å². The zero-order valence-electron chi connectivity index (χ0n) is 6.88. The number of hydrogen-bond donors (Lipinski definition) is 2. The minimum absolute atomic E-state index is 0.312. The van der Waals surface area contributed by atoms with Crippen LogP contribution < -0.4 is 5.32 Å². The zero-order chi connectivity index (χ0) is 7.94. The van der Waals surface area contributed by atoms with Crippen LogP contribution in [0.5, 0.6) is 0 Å². The van der Waals surface area contributed by atoms with E-state index < -0.39 is 0 Å². The van der Waals surface area contributed by atoms with Gasteiger partial charge < -0.3 is 10.4 Å². The Kier molecular flexibility index (Phi) is 4.99. The fourth-order valence-corrected chi connectivity index (χ4v) is 2.39. The first-order chi connectivity index (χ1) is 5.43. The smallest absolute Gasteiger partial charge is 0.0443 e. The summed E-state index contributed by atoms with van der Waals surface area (Å²) in [6, 6.07) is 0.709. The number of rotatable bonds is 4.